The zero-order chi connectivity index (χ0) is 13.5. The average molecular weight is 258 g/mol. The molecule has 5 nitrogen and oxygen atoms in total. The minimum Gasteiger partial charge on any atom is -0.492 e. The first-order valence-corrected chi connectivity index (χ1v) is 6.18. The largest absolute Gasteiger partial charge is 0.492 e. The zero-order valence-corrected chi connectivity index (χ0v) is 11.0. The van der Waals surface area contributed by atoms with E-state index >= 15 is 0 Å². The van der Waals surface area contributed by atoms with Crippen molar-refractivity contribution in [3.05, 3.63) is 48.4 Å². The lowest BCUT2D eigenvalue weighted by Gasteiger charge is -2.16. The molecular weight excluding hydrogens is 240 g/mol. The van der Waals surface area contributed by atoms with E-state index < -0.39 is 0 Å². The second kappa shape index (κ2) is 6.70. The Morgan fingerprint density at radius 1 is 1.21 bits per heavy atom. The summed E-state index contributed by atoms with van der Waals surface area (Å²) in [6, 6.07) is 11.5. The Bertz CT molecular complexity index is 504. The molecule has 5 heteroatoms. The molecular formula is C14H18N4O. The molecule has 1 aromatic carbocycles. The summed E-state index contributed by atoms with van der Waals surface area (Å²) in [6.07, 6.45) is 1.67. The van der Waals surface area contributed by atoms with Gasteiger partial charge in [-0.05, 0) is 25.2 Å². The highest BCUT2D eigenvalue weighted by atomic mass is 16.5. The summed E-state index contributed by atoms with van der Waals surface area (Å²) in [4.78, 5) is 10.4. The predicted molar refractivity (Wildman–Crippen MR) is 74.7 cm³/mol. The summed E-state index contributed by atoms with van der Waals surface area (Å²) in [6.45, 7) is 2.08. The van der Waals surface area contributed by atoms with Crippen LogP contribution in [0.3, 0.4) is 0 Å². The molecule has 0 unspecified atom stereocenters. The minimum absolute atomic E-state index is 0.499. The van der Waals surface area contributed by atoms with Crippen LogP contribution in [0.15, 0.2) is 42.6 Å². The lowest BCUT2D eigenvalue weighted by atomic mass is 10.3. The number of ether oxygens (including phenoxy) is 1. The molecule has 0 radical (unpaired) electrons. The van der Waals surface area contributed by atoms with Gasteiger partial charge >= 0.3 is 0 Å². The molecule has 100 valence electrons. The standard InChI is InChI=1S/C14H18N4O/c1-18(11-14-16-8-7-13(15)17-14)9-10-19-12-5-3-2-4-6-12/h2-8H,9-11H2,1H3,(H2,15,16,17). The number of nitrogen functional groups attached to an aromatic ring is 1. The van der Waals surface area contributed by atoms with Gasteiger partial charge in [0, 0.05) is 12.7 Å². The van der Waals surface area contributed by atoms with Crippen LogP contribution in [0, 0.1) is 0 Å². The molecule has 0 aliphatic heterocycles. The first-order chi connectivity index (χ1) is 9.24. The molecule has 1 aromatic heterocycles. The van der Waals surface area contributed by atoms with Crippen LogP contribution in [-0.4, -0.2) is 35.1 Å². The fourth-order valence-corrected chi connectivity index (χ4v) is 1.65. The van der Waals surface area contributed by atoms with Gasteiger partial charge in [-0.2, -0.15) is 0 Å². The van der Waals surface area contributed by atoms with Crippen molar-refractivity contribution in [2.75, 3.05) is 25.9 Å². The van der Waals surface area contributed by atoms with Gasteiger partial charge in [-0.3, -0.25) is 4.90 Å². The van der Waals surface area contributed by atoms with E-state index in [-0.39, 0.29) is 0 Å². The van der Waals surface area contributed by atoms with Crippen LogP contribution < -0.4 is 10.5 Å². The first-order valence-electron chi connectivity index (χ1n) is 6.18. The van der Waals surface area contributed by atoms with E-state index in [2.05, 4.69) is 14.9 Å². The van der Waals surface area contributed by atoms with Gasteiger partial charge in [0.25, 0.3) is 0 Å². The summed E-state index contributed by atoms with van der Waals surface area (Å²) in [5.41, 5.74) is 5.62. The molecule has 0 saturated carbocycles. The highest BCUT2D eigenvalue weighted by Gasteiger charge is 2.03. The van der Waals surface area contributed by atoms with E-state index in [4.69, 9.17) is 10.5 Å². The molecule has 1 heterocycles. The maximum absolute atomic E-state index is 5.63. The van der Waals surface area contributed by atoms with E-state index in [1.807, 2.05) is 37.4 Å². The molecule has 2 aromatic rings. The Kier molecular flexibility index (Phi) is 4.69. The quantitative estimate of drug-likeness (QED) is 0.852. The van der Waals surface area contributed by atoms with Gasteiger partial charge in [0.2, 0.25) is 0 Å². The molecule has 0 atom stereocenters. The van der Waals surface area contributed by atoms with Crippen molar-refractivity contribution >= 4 is 5.82 Å². The number of aromatic nitrogens is 2. The summed E-state index contributed by atoms with van der Waals surface area (Å²) in [7, 11) is 2.00. The van der Waals surface area contributed by atoms with Gasteiger partial charge in [-0.1, -0.05) is 18.2 Å². The van der Waals surface area contributed by atoms with Gasteiger partial charge in [0.1, 0.15) is 24.0 Å². The van der Waals surface area contributed by atoms with Crippen molar-refractivity contribution < 1.29 is 4.74 Å². The fourth-order valence-electron chi connectivity index (χ4n) is 1.65. The number of likely N-dealkylation sites (N-methyl/N-ethyl adjacent to an activating group) is 1. The zero-order valence-electron chi connectivity index (χ0n) is 11.0. The molecule has 2 N–H and O–H groups in total. The van der Waals surface area contributed by atoms with Crippen molar-refractivity contribution in [3.8, 4) is 5.75 Å². The second-order valence-electron chi connectivity index (χ2n) is 4.30. The molecule has 0 spiro atoms. The first kappa shape index (κ1) is 13.3. The van der Waals surface area contributed by atoms with Gasteiger partial charge in [0.15, 0.2) is 0 Å². The monoisotopic (exact) mass is 258 g/mol. The van der Waals surface area contributed by atoms with Crippen LogP contribution in [-0.2, 0) is 6.54 Å². The Balaban J connectivity index is 1.74. The van der Waals surface area contributed by atoms with Crippen LogP contribution in [0.4, 0.5) is 5.82 Å². The normalized spacial score (nSPS) is 10.6. The smallest absolute Gasteiger partial charge is 0.144 e. The SMILES string of the molecule is CN(CCOc1ccccc1)Cc1nccc(N)n1. The molecule has 19 heavy (non-hydrogen) atoms. The summed E-state index contributed by atoms with van der Waals surface area (Å²) < 4.78 is 5.63. The number of nitrogens with two attached hydrogens (primary N) is 1. The Morgan fingerprint density at radius 2 is 2.00 bits per heavy atom. The Hall–Kier alpha value is -2.14. The van der Waals surface area contributed by atoms with E-state index in [0.29, 0.717) is 19.0 Å². The molecule has 0 saturated heterocycles. The van der Waals surface area contributed by atoms with Gasteiger partial charge in [-0.15, -0.1) is 0 Å². The van der Waals surface area contributed by atoms with Crippen LogP contribution in [0.2, 0.25) is 0 Å². The summed E-state index contributed by atoms with van der Waals surface area (Å²) >= 11 is 0. The third-order valence-electron chi connectivity index (χ3n) is 2.62. The molecule has 0 bridgehead atoms. The lowest BCUT2D eigenvalue weighted by Crippen LogP contribution is -2.25. The van der Waals surface area contributed by atoms with E-state index in [1.54, 1.807) is 12.3 Å². The van der Waals surface area contributed by atoms with Gasteiger partial charge < -0.3 is 10.5 Å². The van der Waals surface area contributed by atoms with Gasteiger partial charge in [-0.25, -0.2) is 9.97 Å². The Labute approximate surface area is 113 Å². The molecule has 2 rings (SSSR count). The summed E-state index contributed by atoms with van der Waals surface area (Å²) in [5.74, 6) is 2.11. The maximum Gasteiger partial charge on any atom is 0.144 e. The molecule has 0 amide bonds. The maximum atomic E-state index is 5.63. The minimum atomic E-state index is 0.499. The highest BCUT2D eigenvalue weighted by Crippen LogP contribution is 2.08. The van der Waals surface area contributed by atoms with Crippen LogP contribution in [0.25, 0.3) is 0 Å². The molecule has 0 aliphatic carbocycles. The second-order valence-corrected chi connectivity index (χ2v) is 4.30. The van der Waals surface area contributed by atoms with E-state index in [0.717, 1.165) is 18.1 Å². The molecule has 0 aliphatic rings. The lowest BCUT2D eigenvalue weighted by molar-refractivity contribution is 0.230. The average Bonchev–Trinajstić information content (AvgIpc) is 2.40. The van der Waals surface area contributed by atoms with Gasteiger partial charge in [0.05, 0.1) is 6.54 Å². The number of rotatable bonds is 6. The Morgan fingerprint density at radius 3 is 2.74 bits per heavy atom. The van der Waals surface area contributed by atoms with E-state index in [1.165, 1.54) is 0 Å². The van der Waals surface area contributed by atoms with Crippen LogP contribution >= 0.6 is 0 Å². The van der Waals surface area contributed by atoms with Crippen molar-refractivity contribution in [3.63, 3.8) is 0 Å². The topological polar surface area (TPSA) is 64.3 Å². The third-order valence-corrected chi connectivity index (χ3v) is 2.62. The highest BCUT2D eigenvalue weighted by molar-refractivity contribution is 5.25. The number of para-hydroxylation sites is 1. The number of anilines is 1. The van der Waals surface area contributed by atoms with Crippen molar-refractivity contribution in [2.45, 2.75) is 6.54 Å². The number of nitrogens with zero attached hydrogens (tertiary/aromatic N) is 3. The number of hydrogen-bond acceptors (Lipinski definition) is 5. The van der Waals surface area contributed by atoms with E-state index in [9.17, 15) is 0 Å². The summed E-state index contributed by atoms with van der Waals surface area (Å²) in [5, 5.41) is 0. The number of benzene rings is 1. The van der Waals surface area contributed by atoms with Crippen molar-refractivity contribution in [1.82, 2.24) is 14.9 Å². The molecule has 0 fully saturated rings. The van der Waals surface area contributed by atoms with Crippen molar-refractivity contribution in [1.29, 1.82) is 0 Å². The van der Waals surface area contributed by atoms with Crippen molar-refractivity contribution in [2.24, 2.45) is 0 Å². The predicted octanol–water partition coefficient (Wildman–Crippen LogP) is 1.57. The third kappa shape index (κ3) is 4.56. The number of hydrogen-bond donors (Lipinski definition) is 1. The van der Waals surface area contributed by atoms with Crippen LogP contribution in [0.5, 0.6) is 5.75 Å². The van der Waals surface area contributed by atoms with Crippen LogP contribution in [0.1, 0.15) is 5.82 Å². The fraction of sp³-hybridized carbons (Fsp3) is 0.286.